The van der Waals surface area contributed by atoms with Crippen LogP contribution in [0.2, 0.25) is 13.1 Å². The Labute approximate surface area is 79.6 Å². The second-order valence-corrected chi connectivity index (χ2v) is 8.31. The van der Waals surface area contributed by atoms with E-state index in [9.17, 15) is 0 Å². The molecule has 0 spiro atoms. The molecule has 0 atom stereocenters. The van der Waals surface area contributed by atoms with Gasteiger partial charge < -0.3 is 5.41 Å². The minimum atomic E-state index is -1.64. The smallest absolute Gasteiger partial charge is 0.136 e. The fourth-order valence-corrected chi connectivity index (χ4v) is 4.52. The standard InChI is InChI=1S/C11H13NSi/c1-8-9-6-4-5-7-10(9)13(2,3)11(8)12/h4-7,12H,1H2,2-3H3. The number of hydrogen-bond acceptors (Lipinski definition) is 1. The van der Waals surface area contributed by atoms with Crippen LogP contribution in [0.5, 0.6) is 0 Å². The number of nitrogens with one attached hydrogen (secondary N) is 1. The lowest BCUT2D eigenvalue weighted by molar-refractivity contribution is 1.56. The summed E-state index contributed by atoms with van der Waals surface area (Å²) < 4.78 is 0. The van der Waals surface area contributed by atoms with Gasteiger partial charge in [0.25, 0.3) is 0 Å². The van der Waals surface area contributed by atoms with Crippen LogP contribution in [0.15, 0.2) is 30.8 Å². The third kappa shape index (κ3) is 0.953. The average molecular weight is 187 g/mol. The molecule has 1 aliphatic rings. The van der Waals surface area contributed by atoms with Crippen molar-refractivity contribution in [2.45, 2.75) is 13.1 Å². The minimum absolute atomic E-state index is 0.786. The molecule has 66 valence electrons. The fraction of sp³-hybridized carbons (Fsp3) is 0.182. The number of fused-ring (bicyclic) bond motifs is 1. The summed E-state index contributed by atoms with van der Waals surface area (Å²) in [6, 6.07) is 8.30. The molecule has 1 N–H and O–H groups in total. The lowest BCUT2D eigenvalue weighted by Crippen LogP contribution is -2.44. The van der Waals surface area contributed by atoms with Crippen LogP contribution in [-0.4, -0.2) is 13.4 Å². The van der Waals surface area contributed by atoms with Crippen molar-refractivity contribution < 1.29 is 0 Å². The summed E-state index contributed by atoms with van der Waals surface area (Å²) in [6.45, 7) is 8.41. The maximum Gasteiger partial charge on any atom is 0.136 e. The molecular weight excluding hydrogens is 174 g/mol. The SMILES string of the molecule is C=C1C(=N)[Si](C)(C)c2ccccc21. The van der Waals surface area contributed by atoms with Gasteiger partial charge in [-0.1, -0.05) is 43.9 Å². The third-order valence-corrected chi connectivity index (χ3v) is 6.19. The van der Waals surface area contributed by atoms with E-state index in [0.717, 1.165) is 10.9 Å². The Kier molecular flexibility index (Phi) is 1.57. The van der Waals surface area contributed by atoms with Gasteiger partial charge in [0.1, 0.15) is 8.07 Å². The first kappa shape index (κ1) is 8.45. The van der Waals surface area contributed by atoms with Crippen molar-refractivity contribution in [3.05, 3.63) is 36.4 Å². The Morgan fingerprint density at radius 1 is 1.23 bits per heavy atom. The van der Waals surface area contributed by atoms with Gasteiger partial charge in [-0.25, -0.2) is 0 Å². The molecule has 2 rings (SSSR count). The Morgan fingerprint density at radius 2 is 1.85 bits per heavy atom. The molecular formula is C11H13NSi. The van der Waals surface area contributed by atoms with E-state index in [1.807, 2.05) is 6.07 Å². The largest absolute Gasteiger partial charge is 0.309 e. The first-order valence-electron chi connectivity index (χ1n) is 4.43. The van der Waals surface area contributed by atoms with Crippen LogP contribution in [0, 0.1) is 5.41 Å². The van der Waals surface area contributed by atoms with Crippen molar-refractivity contribution in [1.29, 1.82) is 5.41 Å². The van der Waals surface area contributed by atoms with Crippen LogP contribution in [0.1, 0.15) is 5.56 Å². The van der Waals surface area contributed by atoms with Gasteiger partial charge in [0.05, 0.1) is 0 Å². The number of hydrogen-bond donors (Lipinski definition) is 1. The van der Waals surface area contributed by atoms with Gasteiger partial charge in [-0.3, -0.25) is 0 Å². The maximum atomic E-state index is 8.01. The number of rotatable bonds is 0. The highest BCUT2D eigenvalue weighted by Crippen LogP contribution is 2.27. The summed E-state index contributed by atoms with van der Waals surface area (Å²) in [5.41, 5.74) is 2.14. The van der Waals surface area contributed by atoms with Crippen LogP contribution >= 0.6 is 0 Å². The molecule has 0 bridgehead atoms. The average Bonchev–Trinajstić information content (AvgIpc) is 2.30. The topological polar surface area (TPSA) is 23.9 Å². The van der Waals surface area contributed by atoms with Crippen LogP contribution in [0.25, 0.3) is 5.57 Å². The molecule has 0 radical (unpaired) electrons. The first-order chi connectivity index (χ1) is 6.05. The summed E-state index contributed by atoms with van der Waals surface area (Å²) in [5, 5.41) is 10.2. The van der Waals surface area contributed by atoms with Crippen molar-refractivity contribution in [3.8, 4) is 0 Å². The lowest BCUT2D eigenvalue weighted by atomic mass is 10.1. The second-order valence-electron chi connectivity index (χ2n) is 4.02. The Balaban J connectivity index is 2.75. The zero-order chi connectivity index (χ0) is 9.64. The van der Waals surface area contributed by atoms with Gasteiger partial charge in [-0.15, -0.1) is 0 Å². The normalized spacial score (nSPS) is 18.9. The monoisotopic (exact) mass is 187 g/mol. The van der Waals surface area contributed by atoms with Crippen molar-refractivity contribution in [2.75, 3.05) is 0 Å². The third-order valence-electron chi connectivity index (χ3n) is 2.85. The van der Waals surface area contributed by atoms with Crippen molar-refractivity contribution in [1.82, 2.24) is 0 Å². The van der Waals surface area contributed by atoms with E-state index in [0.29, 0.717) is 0 Å². The highest BCUT2D eigenvalue weighted by Gasteiger charge is 2.39. The molecule has 1 nitrogen and oxygen atoms in total. The Hall–Kier alpha value is -1.15. The molecule has 1 aromatic rings. The van der Waals surface area contributed by atoms with Crippen molar-refractivity contribution >= 4 is 24.2 Å². The lowest BCUT2D eigenvalue weighted by Gasteiger charge is -2.15. The first-order valence-corrected chi connectivity index (χ1v) is 7.43. The van der Waals surface area contributed by atoms with Crippen molar-refractivity contribution in [3.63, 3.8) is 0 Å². The van der Waals surface area contributed by atoms with Crippen LogP contribution in [0.3, 0.4) is 0 Å². The van der Waals surface area contributed by atoms with E-state index in [1.54, 1.807) is 0 Å². The summed E-state index contributed by atoms with van der Waals surface area (Å²) in [5.74, 6) is 0. The molecule has 0 aliphatic carbocycles. The van der Waals surface area contributed by atoms with Crippen molar-refractivity contribution in [2.24, 2.45) is 0 Å². The Bertz CT molecular complexity index is 404. The van der Waals surface area contributed by atoms with E-state index in [-0.39, 0.29) is 0 Å². The zero-order valence-electron chi connectivity index (χ0n) is 8.02. The second kappa shape index (κ2) is 2.42. The minimum Gasteiger partial charge on any atom is -0.309 e. The van der Waals surface area contributed by atoms with Gasteiger partial charge in [0.15, 0.2) is 0 Å². The fourth-order valence-electron chi connectivity index (χ4n) is 1.94. The van der Waals surface area contributed by atoms with E-state index >= 15 is 0 Å². The van der Waals surface area contributed by atoms with Gasteiger partial charge in [-0.05, 0) is 16.3 Å². The quantitative estimate of drug-likeness (QED) is 0.602. The predicted molar refractivity (Wildman–Crippen MR) is 60.3 cm³/mol. The van der Waals surface area contributed by atoms with E-state index < -0.39 is 8.07 Å². The molecule has 1 aromatic carbocycles. The molecule has 0 amide bonds. The van der Waals surface area contributed by atoms with Crippen LogP contribution in [0.4, 0.5) is 0 Å². The zero-order valence-corrected chi connectivity index (χ0v) is 9.02. The molecule has 0 aromatic heterocycles. The number of allylic oxidation sites excluding steroid dienone is 1. The molecule has 0 saturated carbocycles. The highest BCUT2D eigenvalue weighted by atomic mass is 28.3. The van der Waals surface area contributed by atoms with E-state index in [2.05, 4.69) is 37.9 Å². The van der Waals surface area contributed by atoms with Crippen LogP contribution in [-0.2, 0) is 0 Å². The molecule has 13 heavy (non-hydrogen) atoms. The summed E-state index contributed by atoms with van der Waals surface area (Å²) >= 11 is 0. The predicted octanol–water partition coefficient (Wildman–Crippen LogP) is 2.19. The van der Waals surface area contributed by atoms with E-state index in [4.69, 9.17) is 5.41 Å². The summed E-state index contributed by atoms with van der Waals surface area (Å²) in [4.78, 5) is 0. The van der Waals surface area contributed by atoms with Gasteiger partial charge in [0, 0.05) is 5.33 Å². The summed E-state index contributed by atoms with van der Waals surface area (Å²) in [7, 11) is -1.64. The molecule has 2 heteroatoms. The molecule has 0 fully saturated rings. The highest BCUT2D eigenvalue weighted by molar-refractivity contribution is 7.20. The summed E-state index contributed by atoms with van der Waals surface area (Å²) in [6.07, 6.45) is 0. The molecule has 0 saturated heterocycles. The number of benzene rings is 1. The van der Waals surface area contributed by atoms with Gasteiger partial charge >= 0.3 is 0 Å². The Morgan fingerprint density at radius 3 is 2.46 bits per heavy atom. The van der Waals surface area contributed by atoms with Gasteiger partial charge in [0.2, 0.25) is 0 Å². The molecule has 1 aliphatic heterocycles. The van der Waals surface area contributed by atoms with Gasteiger partial charge in [-0.2, -0.15) is 0 Å². The molecule has 1 heterocycles. The molecule has 0 unspecified atom stereocenters. The maximum absolute atomic E-state index is 8.01. The van der Waals surface area contributed by atoms with Crippen LogP contribution < -0.4 is 5.19 Å². The van der Waals surface area contributed by atoms with E-state index in [1.165, 1.54) is 10.8 Å².